The molecule has 0 aliphatic carbocycles. The summed E-state index contributed by atoms with van der Waals surface area (Å²) in [5.74, 6) is 1.79. The second-order valence-corrected chi connectivity index (χ2v) is 4.59. The van der Waals surface area contributed by atoms with Gasteiger partial charge >= 0.3 is 0 Å². The van der Waals surface area contributed by atoms with Gasteiger partial charge in [0.1, 0.15) is 5.75 Å². The molecule has 20 heavy (non-hydrogen) atoms. The van der Waals surface area contributed by atoms with Crippen molar-refractivity contribution < 1.29 is 4.74 Å². The summed E-state index contributed by atoms with van der Waals surface area (Å²) in [6, 6.07) is 6.19. The summed E-state index contributed by atoms with van der Waals surface area (Å²) >= 11 is 0. The molecule has 0 spiro atoms. The molecular formula is C16H25N3O. The van der Waals surface area contributed by atoms with Crippen LogP contribution in [-0.2, 0) is 0 Å². The van der Waals surface area contributed by atoms with Gasteiger partial charge in [-0.05, 0) is 31.4 Å². The van der Waals surface area contributed by atoms with Gasteiger partial charge in [-0.15, -0.1) is 6.58 Å². The van der Waals surface area contributed by atoms with E-state index in [9.17, 15) is 0 Å². The molecule has 0 fully saturated rings. The summed E-state index contributed by atoms with van der Waals surface area (Å²) < 4.78 is 5.85. The van der Waals surface area contributed by atoms with Crippen molar-refractivity contribution in [1.29, 1.82) is 0 Å². The maximum absolute atomic E-state index is 5.85. The minimum absolute atomic E-state index is 0.692. The number of guanidine groups is 1. The fraction of sp³-hybridized carbons (Fsp3) is 0.438. The minimum Gasteiger partial charge on any atom is -0.493 e. The van der Waals surface area contributed by atoms with Gasteiger partial charge in [0, 0.05) is 20.1 Å². The maximum atomic E-state index is 5.85. The number of aliphatic imine (C=N–C) groups is 1. The van der Waals surface area contributed by atoms with Crippen LogP contribution in [0.5, 0.6) is 5.75 Å². The van der Waals surface area contributed by atoms with E-state index in [1.54, 1.807) is 13.1 Å². The van der Waals surface area contributed by atoms with E-state index in [0.717, 1.165) is 24.7 Å². The molecule has 1 rings (SSSR count). The molecule has 110 valence electrons. The monoisotopic (exact) mass is 275 g/mol. The van der Waals surface area contributed by atoms with Crippen LogP contribution in [0.4, 0.5) is 0 Å². The average Bonchev–Trinajstić information content (AvgIpc) is 2.44. The topological polar surface area (TPSA) is 45.7 Å². The molecule has 4 nitrogen and oxygen atoms in total. The molecule has 2 N–H and O–H groups in total. The van der Waals surface area contributed by atoms with Gasteiger partial charge in [-0.3, -0.25) is 4.99 Å². The molecule has 0 saturated heterocycles. The molecule has 4 heteroatoms. The Morgan fingerprint density at radius 1 is 1.30 bits per heavy atom. The van der Waals surface area contributed by atoms with Crippen molar-refractivity contribution in [3.05, 3.63) is 42.0 Å². The first-order valence-electron chi connectivity index (χ1n) is 6.93. The Labute approximate surface area is 121 Å². The Bertz CT molecular complexity index is 435. The van der Waals surface area contributed by atoms with E-state index in [1.807, 2.05) is 6.07 Å². The van der Waals surface area contributed by atoms with E-state index >= 15 is 0 Å². The average molecular weight is 275 g/mol. The molecule has 1 aromatic carbocycles. The Balaban J connectivity index is 2.27. The summed E-state index contributed by atoms with van der Waals surface area (Å²) in [6.07, 6.45) is 2.72. The maximum Gasteiger partial charge on any atom is 0.191 e. The Hall–Kier alpha value is -1.97. The molecule has 0 amide bonds. The van der Waals surface area contributed by atoms with Crippen LogP contribution < -0.4 is 15.4 Å². The molecule has 0 radical (unpaired) electrons. The molecule has 0 unspecified atom stereocenters. The zero-order chi connectivity index (χ0) is 14.8. The third kappa shape index (κ3) is 5.34. The SMILES string of the molecule is C=CCNC(=NC)NCCCOc1c(C)cccc1C. The molecular weight excluding hydrogens is 250 g/mol. The van der Waals surface area contributed by atoms with Crippen molar-refractivity contribution in [2.75, 3.05) is 26.7 Å². The summed E-state index contributed by atoms with van der Waals surface area (Å²) in [6.45, 7) is 10.0. The largest absolute Gasteiger partial charge is 0.493 e. The number of ether oxygens (including phenoxy) is 1. The number of rotatable bonds is 7. The van der Waals surface area contributed by atoms with Crippen LogP contribution in [0.1, 0.15) is 17.5 Å². The molecule has 0 heterocycles. The third-order valence-electron chi connectivity index (χ3n) is 2.91. The quantitative estimate of drug-likeness (QED) is 0.348. The van der Waals surface area contributed by atoms with E-state index < -0.39 is 0 Å². The van der Waals surface area contributed by atoms with Gasteiger partial charge in [-0.25, -0.2) is 0 Å². The predicted octanol–water partition coefficient (Wildman–Crippen LogP) is 2.42. The smallest absolute Gasteiger partial charge is 0.191 e. The number of benzene rings is 1. The first-order valence-corrected chi connectivity index (χ1v) is 6.93. The molecule has 0 aliphatic heterocycles. The van der Waals surface area contributed by atoms with Crippen molar-refractivity contribution >= 4 is 5.96 Å². The fourth-order valence-corrected chi connectivity index (χ4v) is 1.87. The molecule has 1 aromatic rings. The predicted molar refractivity (Wildman–Crippen MR) is 85.6 cm³/mol. The van der Waals surface area contributed by atoms with E-state index in [0.29, 0.717) is 13.2 Å². The fourth-order valence-electron chi connectivity index (χ4n) is 1.87. The van der Waals surface area contributed by atoms with Gasteiger partial charge in [0.25, 0.3) is 0 Å². The van der Waals surface area contributed by atoms with Crippen molar-refractivity contribution in [1.82, 2.24) is 10.6 Å². The normalized spacial score (nSPS) is 11.1. The van der Waals surface area contributed by atoms with Crippen molar-refractivity contribution in [2.45, 2.75) is 20.3 Å². The zero-order valence-electron chi connectivity index (χ0n) is 12.7. The second kappa shape index (κ2) is 9.02. The number of hydrogen-bond donors (Lipinski definition) is 2. The highest BCUT2D eigenvalue weighted by Gasteiger charge is 2.02. The number of hydrogen-bond acceptors (Lipinski definition) is 2. The molecule has 0 atom stereocenters. The summed E-state index contributed by atoms with van der Waals surface area (Å²) in [5, 5.41) is 6.36. The van der Waals surface area contributed by atoms with Crippen molar-refractivity contribution in [2.24, 2.45) is 4.99 Å². The summed E-state index contributed by atoms with van der Waals surface area (Å²) in [4.78, 5) is 4.12. The molecule has 0 bridgehead atoms. The zero-order valence-corrected chi connectivity index (χ0v) is 12.7. The van der Waals surface area contributed by atoms with Crippen LogP contribution in [0.2, 0.25) is 0 Å². The lowest BCUT2D eigenvalue weighted by Gasteiger charge is -2.13. The Kier molecular flexibility index (Phi) is 7.25. The van der Waals surface area contributed by atoms with E-state index in [1.165, 1.54) is 11.1 Å². The van der Waals surface area contributed by atoms with E-state index in [-0.39, 0.29) is 0 Å². The second-order valence-electron chi connectivity index (χ2n) is 4.59. The van der Waals surface area contributed by atoms with Gasteiger partial charge in [-0.1, -0.05) is 24.3 Å². The van der Waals surface area contributed by atoms with Crippen LogP contribution in [0.15, 0.2) is 35.8 Å². The number of nitrogens with one attached hydrogen (secondary N) is 2. The van der Waals surface area contributed by atoms with Gasteiger partial charge < -0.3 is 15.4 Å². The van der Waals surface area contributed by atoms with Crippen molar-refractivity contribution in [3.63, 3.8) is 0 Å². The Morgan fingerprint density at radius 3 is 2.60 bits per heavy atom. The first-order chi connectivity index (χ1) is 9.69. The standard InChI is InChI=1S/C16H25N3O/c1-5-10-18-16(17-4)19-11-7-12-20-15-13(2)8-6-9-14(15)3/h5-6,8-9H,1,7,10-12H2,2-4H3,(H2,17,18,19). The van der Waals surface area contributed by atoms with Gasteiger partial charge in [0.2, 0.25) is 0 Å². The van der Waals surface area contributed by atoms with Crippen LogP contribution in [0.25, 0.3) is 0 Å². The number of nitrogens with zero attached hydrogens (tertiary/aromatic N) is 1. The van der Waals surface area contributed by atoms with Crippen LogP contribution >= 0.6 is 0 Å². The lowest BCUT2D eigenvalue weighted by atomic mass is 10.1. The van der Waals surface area contributed by atoms with Crippen LogP contribution in [-0.4, -0.2) is 32.7 Å². The lowest BCUT2D eigenvalue weighted by molar-refractivity contribution is 0.307. The molecule has 0 aliphatic rings. The number of para-hydroxylation sites is 1. The minimum atomic E-state index is 0.692. The van der Waals surface area contributed by atoms with Crippen LogP contribution in [0.3, 0.4) is 0 Å². The van der Waals surface area contributed by atoms with Gasteiger partial charge in [0.15, 0.2) is 5.96 Å². The van der Waals surface area contributed by atoms with E-state index in [4.69, 9.17) is 4.74 Å². The van der Waals surface area contributed by atoms with Gasteiger partial charge in [-0.2, -0.15) is 0 Å². The molecule has 0 saturated carbocycles. The highest BCUT2D eigenvalue weighted by atomic mass is 16.5. The first kappa shape index (κ1) is 16.1. The van der Waals surface area contributed by atoms with Crippen molar-refractivity contribution in [3.8, 4) is 5.75 Å². The lowest BCUT2D eigenvalue weighted by Crippen LogP contribution is -2.38. The number of aryl methyl sites for hydroxylation is 2. The Morgan fingerprint density at radius 2 is 2.00 bits per heavy atom. The molecule has 0 aromatic heterocycles. The highest BCUT2D eigenvalue weighted by molar-refractivity contribution is 5.79. The third-order valence-corrected chi connectivity index (χ3v) is 2.91. The highest BCUT2D eigenvalue weighted by Crippen LogP contribution is 2.22. The van der Waals surface area contributed by atoms with Gasteiger partial charge in [0.05, 0.1) is 6.61 Å². The van der Waals surface area contributed by atoms with Crippen LogP contribution in [0, 0.1) is 13.8 Å². The van der Waals surface area contributed by atoms with E-state index in [2.05, 4.69) is 48.2 Å². The summed E-state index contributed by atoms with van der Waals surface area (Å²) in [7, 11) is 1.76. The summed E-state index contributed by atoms with van der Waals surface area (Å²) in [5.41, 5.74) is 2.36.